The van der Waals surface area contributed by atoms with Gasteiger partial charge in [-0.25, -0.2) is 4.98 Å². The molecule has 0 aliphatic rings. The Kier molecular flexibility index (Phi) is 6.85. The van der Waals surface area contributed by atoms with E-state index in [2.05, 4.69) is 45.0 Å². The minimum absolute atomic E-state index is 0.756. The third kappa shape index (κ3) is 5.44. The van der Waals surface area contributed by atoms with Gasteiger partial charge in [0.2, 0.25) is 0 Å². The number of furan rings is 1. The second-order valence-corrected chi connectivity index (χ2v) is 8.02. The average molecular weight is 389 g/mol. The van der Waals surface area contributed by atoms with Crippen molar-refractivity contribution < 1.29 is 4.42 Å². The standard InChI is InChI=1S/C19H24N4OS2/c1-3-20-19(21-10-8-15-5-4-12-24-15)22-11-9-16-6-7-18(26-16)17-13-25-14(2)23-17/h4-7,12-13H,3,8-11H2,1-2H3,(H2,20,21,22). The second kappa shape index (κ2) is 9.54. The van der Waals surface area contributed by atoms with E-state index in [1.807, 2.05) is 19.1 Å². The van der Waals surface area contributed by atoms with Gasteiger partial charge in [0, 0.05) is 42.7 Å². The summed E-state index contributed by atoms with van der Waals surface area (Å²) in [5, 5.41) is 9.87. The highest BCUT2D eigenvalue weighted by molar-refractivity contribution is 7.16. The van der Waals surface area contributed by atoms with E-state index in [4.69, 9.17) is 4.42 Å². The summed E-state index contributed by atoms with van der Waals surface area (Å²) in [7, 11) is 0. The predicted octanol–water partition coefficient (Wildman–Crippen LogP) is 4.11. The Morgan fingerprint density at radius 2 is 2.15 bits per heavy atom. The Morgan fingerprint density at radius 1 is 1.23 bits per heavy atom. The summed E-state index contributed by atoms with van der Waals surface area (Å²) < 4.78 is 5.35. The quantitative estimate of drug-likeness (QED) is 0.450. The molecule has 7 heteroatoms. The first-order valence-corrected chi connectivity index (χ1v) is 10.5. The highest BCUT2D eigenvalue weighted by Gasteiger charge is 2.06. The summed E-state index contributed by atoms with van der Waals surface area (Å²) in [4.78, 5) is 11.8. The highest BCUT2D eigenvalue weighted by Crippen LogP contribution is 2.29. The molecule has 26 heavy (non-hydrogen) atoms. The van der Waals surface area contributed by atoms with Gasteiger partial charge in [-0.3, -0.25) is 4.99 Å². The van der Waals surface area contributed by atoms with Crippen LogP contribution >= 0.6 is 22.7 Å². The van der Waals surface area contributed by atoms with Crippen molar-refractivity contribution >= 4 is 28.6 Å². The lowest BCUT2D eigenvalue weighted by atomic mass is 10.3. The summed E-state index contributed by atoms with van der Waals surface area (Å²) in [6.45, 7) is 6.51. The van der Waals surface area contributed by atoms with Crippen LogP contribution in [0.2, 0.25) is 0 Å². The third-order valence-corrected chi connectivity index (χ3v) is 5.69. The van der Waals surface area contributed by atoms with Gasteiger partial charge in [-0.15, -0.1) is 22.7 Å². The van der Waals surface area contributed by atoms with Gasteiger partial charge in [-0.1, -0.05) is 0 Å². The molecule has 0 aliphatic heterocycles. The molecule has 0 bridgehead atoms. The van der Waals surface area contributed by atoms with Gasteiger partial charge in [-0.05, 0) is 38.1 Å². The number of aromatic nitrogens is 1. The van der Waals surface area contributed by atoms with Gasteiger partial charge >= 0.3 is 0 Å². The van der Waals surface area contributed by atoms with Crippen LogP contribution in [0.15, 0.2) is 45.3 Å². The highest BCUT2D eigenvalue weighted by atomic mass is 32.1. The molecule has 2 N–H and O–H groups in total. The lowest BCUT2D eigenvalue weighted by Crippen LogP contribution is -2.38. The van der Waals surface area contributed by atoms with E-state index >= 15 is 0 Å². The maximum Gasteiger partial charge on any atom is 0.191 e. The zero-order chi connectivity index (χ0) is 18.2. The largest absolute Gasteiger partial charge is 0.469 e. The molecule has 3 aromatic heterocycles. The molecule has 0 atom stereocenters. The van der Waals surface area contributed by atoms with Crippen LogP contribution in [0.1, 0.15) is 22.6 Å². The molecular formula is C19H24N4OS2. The SMILES string of the molecule is CCNC(=NCCc1ccc(-c2csc(C)n2)s1)NCCc1ccco1. The van der Waals surface area contributed by atoms with E-state index in [0.29, 0.717) is 0 Å². The summed E-state index contributed by atoms with van der Waals surface area (Å²) in [5.74, 6) is 1.84. The van der Waals surface area contributed by atoms with Crippen LogP contribution in [-0.2, 0) is 12.8 Å². The zero-order valence-corrected chi connectivity index (χ0v) is 16.8. The van der Waals surface area contributed by atoms with Crippen molar-refractivity contribution in [2.24, 2.45) is 4.99 Å². The van der Waals surface area contributed by atoms with Crippen LogP contribution < -0.4 is 10.6 Å². The van der Waals surface area contributed by atoms with Crippen LogP contribution in [0.5, 0.6) is 0 Å². The number of hydrogen-bond acceptors (Lipinski definition) is 5. The fraction of sp³-hybridized carbons (Fsp3) is 0.368. The first kappa shape index (κ1) is 18.7. The molecule has 0 aliphatic carbocycles. The van der Waals surface area contributed by atoms with Crippen molar-refractivity contribution in [3.05, 3.63) is 51.6 Å². The van der Waals surface area contributed by atoms with Gasteiger partial charge in [0.1, 0.15) is 5.76 Å². The van der Waals surface area contributed by atoms with Crippen LogP contribution in [0.3, 0.4) is 0 Å². The molecule has 3 rings (SSSR count). The van der Waals surface area contributed by atoms with Crippen molar-refractivity contribution in [2.75, 3.05) is 19.6 Å². The Labute approximate surface area is 162 Å². The molecule has 0 unspecified atom stereocenters. The Morgan fingerprint density at radius 3 is 2.88 bits per heavy atom. The van der Waals surface area contributed by atoms with Crippen LogP contribution in [0.4, 0.5) is 0 Å². The second-order valence-electron chi connectivity index (χ2n) is 5.78. The molecular weight excluding hydrogens is 364 g/mol. The van der Waals surface area contributed by atoms with Crippen LogP contribution in [0.25, 0.3) is 10.6 Å². The first-order chi connectivity index (χ1) is 12.7. The number of aryl methyl sites for hydroxylation is 1. The third-order valence-electron chi connectivity index (χ3n) is 3.75. The molecule has 0 saturated carbocycles. The molecule has 0 spiro atoms. The number of aliphatic imine (C=N–C) groups is 1. The first-order valence-electron chi connectivity index (χ1n) is 8.80. The summed E-state index contributed by atoms with van der Waals surface area (Å²) in [5.41, 5.74) is 1.08. The number of nitrogens with one attached hydrogen (secondary N) is 2. The molecule has 0 fully saturated rings. The van der Waals surface area contributed by atoms with Crippen molar-refractivity contribution in [3.63, 3.8) is 0 Å². The lowest BCUT2D eigenvalue weighted by Gasteiger charge is -2.10. The van der Waals surface area contributed by atoms with Crippen LogP contribution in [0, 0.1) is 6.92 Å². The molecule has 138 valence electrons. The number of hydrogen-bond donors (Lipinski definition) is 2. The molecule has 0 amide bonds. The Hall–Kier alpha value is -2.12. The zero-order valence-electron chi connectivity index (χ0n) is 15.1. The monoisotopic (exact) mass is 388 g/mol. The van der Waals surface area contributed by atoms with Gasteiger partial charge in [0.25, 0.3) is 0 Å². The fourth-order valence-electron chi connectivity index (χ4n) is 2.51. The fourth-order valence-corrected chi connectivity index (χ4v) is 4.15. The van der Waals surface area contributed by atoms with Crippen LogP contribution in [-0.4, -0.2) is 30.6 Å². The minimum atomic E-state index is 0.756. The number of rotatable bonds is 8. The van der Waals surface area contributed by atoms with Crippen molar-refractivity contribution in [1.29, 1.82) is 0 Å². The van der Waals surface area contributed by atoms with E-state index in [-0.39, 0.29) is 0 Å². The maximum atomic E-state index is 5.35. The summed E-state index contributed by atoms with van der Waals surface area (Å²) in [6.07, 6.45) is 3.48. The summed E-state index contributed by atoms with van der Waals surface area (Å²) in [6, 6.07) is 8.24. The number of nitrogens with zero attached hydrogens (tertiary/aromatic N) is 2. The average Bonchev–Trinajstić information content (AvgIpc) is 3.36. The Balaban J connectivity index is 1.49. The van der Waals surface area contributed by atoms with Crippen molar-refractivity contribution in [2.45, 2.75) is 26.7 Å². The van der Waals surface area contributed by atoms with E-state index < -0.39 is 0 Å². The van der Waals surface area contributed by atoms with Crippen molar-refractivity contribution in [3.8, 4) is 10.6 Å². The topological polar surface area (TPSA) is 62.5 Å². The lowest BCUT2D eigenvalue weighted by molar-refractivity contribution is 0.507. The van der Waals surface area contributed by atoms with E-state index in [1.54, 1.807) is 28.9 Å². The Bertz CT molecular complexity index is 820. The maximum absolute atomic E-state index is 5.35. The molecule has 5 nitrogen and oxygen atoms in total. The molecule has 0 aromatic carbocycles. The van der Waals surface area contributed by atoms with E-state index in [0.717, 1.165) is 54.9 Å². The number of guanidine groups is 1. The minimum Gasteiger partial charge on any atom is -0.469 e. The van der Waals surface area contributed by atoms with Gasteiger partial charge in [0.05, 0.1) is 21.8 Å². The van der Waals surface area contributed by atoms with Gasteiger partial charge in [-0.2, -0.15) is 0 Å². The van der Waals surface area contributed by atoms with Gasteiger partial charge < -0.3 is 15.1 Å². The predicted molar refractivity (Wildman–Crippen MR) is 110 cm³/mol. The normalized spacial score (nSPS) is 11.7. The molecule has 3 heterocycles. The number of thiazole rings is 1. The molecule has 0 radical (unpaired) electrons. The van der Waals surface area contributed by atoms with E-state index in [1.165, 1.54) is 9.75 Å². The summed E-state index contributed by atoms with van der Waals surface area (Å²) >= 11 is 3.49. The van der Waals surface area contributed by atoms with Crippen molar-refractivity contribution in [1.82, 2.24) is 15.6 Å². The van der Waals surface area contributed by atoms with E-state index in [9.17, 15) is 0 Å². The molecule has 3 aromatic rings. The molecule has 0 saturated heterocycles. The van der Waals surface area contributed by atoms with Gasteiger partial charge in [0.15, 0.2) is 5.96 Å². The number of thiophene rings is 1. The smallest absolute Gasteiger partial charge is 0.191 e.